The predicted octanol–water partition coefficient (Wildman–Crippen LogP) is 1.42. The van der Waals surface area contributed by atoms with Gasteiger partial charge in [-0.1, -0.05) is 0 Å². The molecule has 1 unspecified atom stereocenters. The lowest BCUT2D eigenvalue weighted by molar-refractivity contribution is -0.137. The summed E-state index contributed by atoms with van der Waals surface area (Å²) >= 11 is 0. The van der Waals surface area contributed by atoms with Crippen molar-refractivity contribution in [1.82, 2.24) is 4.98 Å². The highest BCUT2D eigenvalue weighted by atomic mass is 19.4. The van der Waals surface area contributed by atoms with Gasteiger partial charge in [0.15, 0.2) is 0 Å². The minimum absolute atomic E-state index is 0.471. The number of aromatic nitrogens is 1. The highest BCUT2D eigenvalue weighted by molar-refractivity contribution is 5.94. The largest absolute Gasteiger partial charge is 0.418 e. The number of hydrogen-bond donors (Lipinski definition) is 2. The van der Waals surface area contributed by atoms with Gasteiger partial charge in [-0.05, 0) is 13.0 Å². The van der Waals surface area contributed by atoms with Crippen LogP contribution in [0, 0.1) is 0 Å². The molecule has 4 nitrogen and oxygen atoms in total. The normalized spacial score (nSPS) is 13.3. The summed E-state index contributed by atoms with van der Waals surface area (Å²) in [7, 11) is 0. The van der Waals surface area contributed by atoms with Crippen molar-refractivity contribution < 1.29 is 23.1 Å². The molecule has 0 fully saturated rings. The molecular weight excluding hydrogens is 225 g/mol. The van der Waals surface area contributed by atoms with Crippen molar-refractivity contribution in [2.24, 2.45) is 0 Å². The molecule has 0 saturated carbocycles. The van der Waals surface area contributed by atoms with Crippen LogP contribution < -0.4 is 5.32 Å². The second kappa shape index (κ2) is 4.48. The van der Waals surface area contributed by atoms with Crippen LogP contribution in [0.3, 0.4) is 0 Å². The summed E-state index contributed by atoms with van der Waals surface area (Å²) in [5.74, 6) is -0.918. The van der Waals surface area contributed by atoms with E-state index >= 15 is 0 Å². The van der Waals surface area contributed by atoms with Crippen LogP contribution in [0.4, 0.5) is 18.9 Å². The van der Waals surface area contributed by atoms with Crippen molar-refractivity contribution >= 4 is 11.6 Å². The third-order valence-electron chi connectivity index (χ3n) is 1.76. The standard InChI is InChI=1S/C9H9F3N2O2/c1-5(15)8(16)14-7-4-13-3-2-6(7)9(10,11)12/h2-5,15H,1H3,(H,14,16). The smallest absolute Gasteiger partial charge is 0.384 e. The van der Waals surface area contributed by atoms with Gasteiger partial charge >= 0.3 is 6.18 Å². The second-order valence-electron chi connectivity index (χ2n) is 3.08. The first-order valence-corrected chi connectivity index (χ1v) is 4.32. The quantitative estimate of drug-likeness (QED) is 0.813. The van der Waals surface area contributed by atoms with E-state index in [9.17, 15) is 18.0 Å². The number of pyridine rings is 1. The van der Waals surface area contributed by atoms with E-state index < -0.39 is 29.4 Å². The van der Waals surface area contributed by atoms with Gasteiger partial charge in [0.2, 0.25) is 0 Å². The number of nitrogens with zero attached hydrogens (tertiary/aromatic N) is 1. The zero-order valence-electron chi connectivity index (χ0n) is 8.25. The molecule has 0 aromatic carbocycles. The number of carbonyl (C=O) groups is 1. The Hall–Kier alpha value is -1.63. The van der Waals surface area contributed by atoms with E-state index in [4.69, 9.17) is 5.11 Å². The first kappa shape index (κ1) is 12.4. The van der Waals surface area contributed by atoms with Gasteiger partial charge in [-0.15, -0.1) is 0 Å². The van der Waals surface area contributed by atoms with Crippen molar-refractivity contribution in [2.75, 3.05) is 5.32 Å². The maximum atomic E-state index is 12.5. The lowest BCUT2D eigenvalue weighted by atomic mass is 10.2. The van der Waals surface area contributed by atoms with Crippen LogP contribution in [0.2, 0.25) is 0 Å². The Morgan fingerprint density at radius 3 is 2.69 bits per heavy atom. The number of aliphatic hydroxyl groups excluding tert-OH is 1. The average Bonchev–Trinajstić information content (AvgIpc) is 2.16. The maximum Gasteiger partial charge on any atom is 0.418 e. The summed E-state index contributed by atoms with van der Waals surface area (Å²) in [6, 6.07) is 0.748. The fraction of sp³-hybridized carbons (Fsp3) is 0.333. The molecule has 7 heteroatoms. The molecule has 0 saturated heterocycles. The molecule has 16 heavy (non-hydrogen) atoms. The summed E-state index contributed by atoms with van der Waals surface area (Å²) in [6.07, 6.45) is -4.12. The van der Waals surface area contributed by atoms with Gasteiger partial charge in [0.1, 0.15) is 6.10 Å². The number of amides is 1. The van der Waals surface area contributed by atoms with Crippen LogP contribution in [-0.4, -0.2) is 22.1 Å². The summed E-state index contributed by atoms with van der Waals surface area (Å²) < 4.78 is 37.4. The molecule has 0 aliphatic heterocycles. The van der Waals surface area contributed by atoms with E-state index in [0.29, 0.717) is 0 Å². The lowest BCUT2D eigenvalue weighted by Crippen LogP contribution is -2.26. The molecule has 1 atom stereocenters. The Morgan fingerprint density at radius 2 is 2.19 bits per heavy atom. The summed E-state index contributed by atoms with van der Waals surface area (Å²) in [6.45, 7) is 1.15. The zero-order valence-corrected chi connectivity index (χ0v) is 8.25. The molecule has 1 amide bonds. The van der Waals surface area contributed by atoms with Gasteiger partial charge in [0, 0.05) is 6.20 Å². The Kier molecular flexibility index (Phi) is 3.48. The van der Waals surface area contributed by atoms with E-state index in [0.717, 1.165) is 25.4 Å². The monoisotopic (exact) mass is 234 g/mol. The Labute approximate surface area is 89.1 Å². The average molecular weight is 234 g/mol. The summed E-state index contributed by atoms with van der Waals surface area (Å²) in [5.41, 5.74) is -1.47. The number of hydrogen-bond acceptors (Lipinski definition) is 3. The van der Waals surface area contributed by atoms with Crippen LogP contribution in [-0.2, 0) is 11.0 Å². The Balaban J connectivity index is 3.01. The number of rotatable bonds is 2. The minimum Gasteiger partial charge on any atom is -0.384 e. The third-order valence-corrected chi connectivity index (χ3v) is 1.76. The fourth-order valence-electron chi connectivity index (χ4n) is 0.978. The zero-order chi connectivity index (χ0) is 12.3. The van der Waals surface area contributed by atoms with Crippen LogP contribution >= 0.6 is 0 Å². The van der Waals surface area contributed by atoms with Gasteiger partial charge in [-0.2, -0.15) is 13.2 Å². The molecule has 0 radical (unpaired) electrons. The van der Waals surface area contributed by atoms with Crippen molar-refractivity contribution in [3.8, 4) is 0 Å². The number of carbonyl (C=O) groups excluding carboxylic acids is 1. The van der Waals surface area contributed by atoms with E-state index in [1.807, 2.05) is 5.32 Å². The van der Waals surface area contributed by atoms with Crippen LogP contribution in [0.15, 0.2) is 18.5 Å². The van der Waals surface area contributed by atoms with E-state index in [2.05, 4.69) is 4.98 Å². The van der Waals surface area contributed by atoms with Crippen LogP contribution in [0.25, 0.3) is 0 Å². The Bertz CT molecular complexity index is 391. The third kappa shape index (κ3) is 2.93. The van der Waals surface area contributed by atoms with Crippen LogP contribution in [0.5, 0.6) is 0 Å². The molecule has 1 heterocycles. The number of halogens is 3. The van der Waals surface area contributed by atoms with E-state index in [-0.39, 0.29) is 0 Å². The molecule has 0 spiro atoms. The SMILES string of the molecule is CC(O)C(=O)Nc1cnccc1C(F)(F)F. The van der Waals surface area contributed by atoms with Crippen molar-refractivity contribution in [1.29, 1.82) is 0 Å². The first-order chi connectivity index (χ1) is 7.32. The highest BCUT2D eigenvalue weighted by Crippen LogP contribution is 2.33. The molecule has 88 valence electrons. The molecule has 1 aromatic heterocycles. The van der Waals surface area contributed by atoms with E-state index in [1.165, 1.54) is 0 Å². The molecule has 0 aliphatic carbocycles. The Morgan fingerprint density at radius 1 is 1.56 bits per heavy atom. The minimum atomic E-state index is -4.58. The number of aliphatic hydroxyl groups is 1. The topological polar surface area (TPSA) is 62.2 Å². The van der Waals surface area contributed by atoms with Gasteiger partial charge in [0.05, 0.1) is 17.4 Å². The second-order valence-corrected chi connectivity index (χ2v) is 3.08. The lowest BCUT2D eigenvalue weighted by Gasteiger charge is -2.13. The van der Waals surface area contributed by atoms with E-state index in [1.54, 1.807) is 0 Å². The summed E-state index contributed by atoms with van der Waals surface area (Å²) in [5, 5.41) is 10.8. The van der Waals surface area contributed by atoms with Crippen molar-refractivity contribution in [2.45, 2.75) is 19.2 Å². The fourth-order valence-corrected chi connectivity index (χ4v) is 0.978. The molecule has 2 N–H and O–H groups in total. The van der Waals surface area contributed by atoms with Gasteiger partial charge in [-0.25, -0.2) is 0 Å². The number of alkyl halides is 3. The van der Waals surface area contributed by atoms with Crippen LogP contribution in [0.1, 0.15) is 12.5 Å². The molecule has 1 aromatic rings. The maximum absolute atomic E-state index is 12.5. The molecule has 0 bridgehead atoms. The molecular formula is C9H9F3N2O2. The first-order valence-electron chi connectivity index (χ1n) is 4.32. The predicted molar refractivity (Wildman–Crippen MR) is 49.5 cm³/mol. The van der Waals surface area contributed by atoms with Gasteiger partial charge in [-0.3, -0.25) is 9.78 Å². The molecule has 0 aliphatic rings. The molecule has 1 rings (SSSR count). The van der Waals surface area contributed by atoms with Gasteiger partial charge < -0.3 is 10.4 Å². The number of nitrogens with one attached hydrogen (secondary N) is 1. The highest BCUT2D eigenvalue weighted by Gasteiger charge is 2.34. The summed E-state index contributed by atoms with van der Waals surface area (Å²) in [4.78, 5) is 14.5. The van der Waals surface area contributed by atoms with Gasteiger partial charge in [0.25, 0.3) is 5.91 Å². The van der Waals surface area contributed by atoms with Crippen molar-refractivity contribution in [3.05, 3.63) is 24.0 Å². The van der Waals surface area contributed by atoms with Crippen molar-refractivity contribution in [3.63, 3.8) is 0 Å². The number of anilines is 1.